The largest absolute Gasteiger partial charge is 0.493 e. The van der Waals surface area contributed by atoms with Gasteiger partial charge in [-0.2, -0.15) is 0 Å². The summed E-state index contributed by atoms with van der Waals surface area (Å²) in [7, 11) is -1.22. The van der Waals surface area contributed by atoms with Crippen molar-refractivity contribution < 1.29 is 13.2 Å². The third-order valence-electron chi connectivity index (χ3n) is 4.13. The van der Waals surface area contributed by atoms with Crippen molar-refractivity contribution in [1.82, 2.24) is 10.6 Å². The lowest BCUT2D eigenvalue weighted by Crippen LogP contribution is -2.37. The van der Waals surface area contributed by atoms with Crippen LogP contribution in [0, 0.1) is 6.92 Å². The number of hydrogen-bond donors (Lipinski definition) is 2. The summed E-state index contributed by atoms with van der Waals surface area (Å²) in [6, 6.07) is 6.21. The molecule has 0 fully saturated rings. The Hall–Kier alpha value is -1.03. The van der Waals surface area contributed by atoms with Gasteiger partial charge in [-0.3, -0.25) is 4.99 Å². The molecule has 0 bridgehead atoms. The number of benzene rings is 1. The lowest BCUT2D eigenvalue weighted by molar-refractivity contribution is 0.301. The Bertz CT molecular complexity index is 694. The third-order valence-corrected chi connectivity index (χ3v) is 5.16. The lowest BCUT2D eigenvalue weighted by atomic mass is 10.1. The van der Waals surface area contributed by atoms with Crippen LogP contribution in [-0.4, -0.2) is 46.6 Å². The molecule has 0 aliphatic heterocycles. The standard InChI is InChI=1S/C20H35N3O3S.HI/c1-5-6-7-8-13-26-19-15-17(2)10-11-18(19)16-23-20(21-3)22-12-9-14-27(4,24)25;/h10-11,15H,5-9,12-14,16H2,1-4H3,(H2,21,22,23);1H. The van der Waals surface area contributed by atoms with Crippen LogP contribution in [0.2, 0.25) is 0 Å². The van der Waals surface area contributed by atoms with E-state index in [2.05, 4.69) is 47.7 Å². The zero-order valence-electron chi connectivity index (χ0n) is 17.6. The molecule has 28 heavy (non-hydrogen) atoms. The Balaban J connectivity index is 0.00000729. The van der Waals surface area contributed by atoms with Crippen molar-refractivity contribution in [3.8, 4) is 5.75 Å². The highest BCUT2D eigenvalue weighted by Gasteiger charge is 2.07. The second-order valence-corrected chi connectivity index (χ2v) is 9.12. The normalized spacial score (nSPS) is 11.6. The molecule has 1 aromatic carbocycles. The second kappa shape index (κ2) is 14.9. The minimum absolute atomic E-state index is 0. The van der Waals surface area contributed by atoms with Crippen LogP contribution >= 0.6 is 24.0 Å². The molecule has 8 heteroatoms. The van der Waals surface area contributed by atoms with Crippen LogP contribution in [0.3, 0.4) is 0 Å². The van der Waals surface area contributed by atoms with Crippen molar-refractivity contribution in [3.05, 3.63) is 29.3 Å². The van der Waals surface area contributed by atoms with Crippen molar-refractivity contribution in [1.29, 1.82) is 0 Å². The van der Waals surface area contributed by atoms with E-state index in [4.69, 9.17) is 4.74 Å². The molecule has 0 aromatic heterocycles. The van der Waals surface area contributed by atoms with Crippen LogP contribution in [0.25, 0.3) is 0 Å². The number of ether oxygens (including phenoxy) is 1. The summed E-state index contributed by atoms with van der Waals surface area (Å²) in [5.41, 5.74) is 2.25. The monoisotopic (exact) mass is 525 g/mol. The number of aryl methyl sites for hydroxylation is 1. The molecule has 0 saturated heterocycles. The van der Waals surface area contributed by atoms with E-state index < -0.39 is 9.84 Å². The summed E-state index contributed by atoms with van der Waals surface area (Å²) in [5.74, 6) is 1.73. The van der Waals surface area contributed by atoms with E-state index in [1.165, 1.54) is 31.1 Å². The minimum Gasteiger partial charge on any atom is -0.493 e. The van der Waals surface area contributed by atoms with E-state index in [0.29, 0.717) is 25.5 Å². The molecule has 0 aliphatic carbocycles. The molecule has 0 atom stereocenters. The van der Waals surface area contributed by atoms with Gasteiger partial charge in [0.25, 0.3) is 0 Å². The Kier molecular flexibility index (Phi) is 14.3. The van der Waals surface area contributed by atoms with Crippen LogP contribution in [0.5, 0.6) is 5.75 Å². The molecular weight excluding hydrogens is 489 g/mol. The summed E-state index contributed by atoms with van der Waals surface area (Å²) in [6.45, 7) is 6.14. The summed E-state index contributed by atoms with van der Waals surface area (Å²) in [6.07, 6.45) is 6.53. The van der Waals surface area contributed by atoms with Crippen molar-refractivity contribution >= 4 is 39.8 Å². The Labute approximate surface area is 187 Å². The minimum atomic E-state index is -2.93. The van der Waals surface area contributed by atoms with Crippen LogP contribution in [0.1, 0.15) is 50.2 Å². The number of halogens is 1. The molecule has 0 amide bonds. The molecule has 0 unspecified atom stereocenters. The molecule has 0 saturated carbocycles. The molecular formula is C20H36IN3O3S. The third kappa shape index (κ3) is 12.4. The van der Waals surface area contributed by atoms with Gasteiger partial charge in [-0.25, -0.2) is 8.42 Å². The summed E-state index contributed by atoms with van der Waals surface area (Å²) in [5, 5.41) is 6.41. The summed E-state index contributed by atoms with van der Waals surface area (Å²) >= 11 is 0. The predicted molar refractivity (Wildman–Crippen MR) is 129 cm³/mol. The molecule has 1 aromatic rings. The second-order valence-electron chi connectivity index (χ2n) is 6.86. The topological polar surface area (TPSA) is 79.8 Å². The Morgan fingerprint density at radius 3 is 2.54 bits per heavy atom. The quantitative estimate of drug-likeness (QED) is 0.189. The number of hydrogen-bond acceptors (Lipinski definition) is 4. The van der Waals surface area contributed by atoms with Gasteiger partial charge in [0.05, 0.1) is 12.4 Å². The summed E-state index contributed by atoms with van der Waals surface area (Å²) in [4.78, 5) is 4.18. The van der Waals surface area contributed by atoms with E-state index in [0.717, 1.165) is 24.3 Å². The van der Waals surface area contributed by atoms with Crippen molar-refractivity contribution in [2.45, 2.75) is 52.5 Å². The maximum atomic E-state index is 11.2. The van der Waals surface area contributed by atoms with Crippen molar-refractivity contribution in [2.24, 2.45) is 4.99 Å². The first kappa shape index (κ1) is 27.0. The van der Waals surface area contributed by atoms with E-state index in [9.17, 15) is 8.42 Å². The highest BCUT2D eigenvalue weighted by Crippen LogP contribution is 2.20. The zero-order valence-corrected chi connectivity index (χ0v) is 20.7. The smallest absolute Gasteiger partial charge is 0.191 e. The van der Waals surface area contributed by atoms with Crippen LogP contribution in [-0.2, 0) is 16.4 Å². The molecule has 0 aliphatic rings. The first-order chi connectivity index (χ1) is 12.9. The average molecular weight is 525 g/mol. The van der Waals surface area contributed by atoms with Gasteiger partial charge in [0.1, 0.15) is 15.6 Å². The lowest BCUT2D eigenvalue weighted by Gasteiger charge is -2.15. The molecule has 1 rings (SSSR count). The average Bonchev–Trinajstić information content (AvgIpc) is 2.61. The van der Waals surface area contributed by atoms with E-state index in [-0.39, 0.29) is 29.7 Å². The highest BCUT2D eigenvalue weighted by molar-refractivity contribution is 14.0. The number of guanidine groups is 1. The molecule has 2 N–H and O–H groups in total. The number of sulfone groups is 1. The molecule has 0 spiro atoms. The van der Waals surface area contributed by atoms with Crippen LogP contribution in [0.4, 0.5) is 0 Å². The molecule has 162 valence electrons. The van der Waals surface area contributed by atoms with Gasteiger partial charge in [0, 0.05) is 32.0 Å². The van der Waals surface area contributed by atoms with Gasteiger partial charge in [-0.1, -0.05) is 38.3 Å². The Morgan fingerprint density at radius 2 is 1.89 bits per heavy atom. The van der Waals surface area contributed by atoms with E-state index >= 15 is 0 Å². The van der Waals surface area contributed by atoms with Gasteiger partial charge in [0.15, 0.2) is 5.96 Å². The summed E-state index contributed by atoms with van der Waals surface area (Å²) < 4.78 is 28.4. The van der Waals surface area contributed by atoms with E-state index in [1.54, 1.807) is 7.05 Å². The predicted octanol–water partition coefficient (Wildman–Crippen LogP) is 3.67. The maximum Gasteiger partial charge on any atom is 0.191 e. The van der Waals surface area contributed by atoms with E-state index in [1.807, 2.05) is 0 Å². The van der Waals surface area contributed by atoms with Gasteiger partial charge in [-0.15, -0.1) is 24.0 Å². The number of nitrogens with zero attached hydrogens (tertiary/aromatic N) is 1. The fourth-order valence-electron chi connectivity index (χ4n) is 2.59. The first-order valence-corrected chi connectivity index (χ1v) is 11.8. The Morgan fingerprint density at radius 1 is 1.14 bits per heavy atom. The molecule has 6 nitrogen and oxygen atoms in total. The van der Waals surface area contributed by atoms with Gasteiger partial charge in [0.2, 0.25) is 0 Å². The van der Waals surface area contributed by atoms with Crippen LogP contribution < -0.4 is 15.4 Å². The number of aliphatic imine (C=N–C) groups is 1. The van der Waals surface area contributed by atoms with Gasteiger partial charge < -0.3 is 15.4 Å². The van der Waals surface area contributed by atoms with Gasteiger partial charge >= 0.3 is 0 Å². The zero-order chi connectivity index (χ0) is 20.1. The molecule has 0 radical (unpaired) electrons. The maximum absolute atomic E-state index is 11.2. The van der Waals surface area contributed by atoms with Crippen molar-refractivity contribution in [3.63, 3.8) is 0 Å². The highest BCUT2D eigenvalue weighted by atomic mass is 127. The first-order valence-electron chi connectivity index (χ1n) is 9.70. The van der Waals surface area contributed by atoms with Gasteiger partial charge in [-0.05, 0) is 31.4 Å². The van der Waals surface area contributed by atoms with Crippen LogP contribution in [0.15, 0.2) is 23.2 Å². The number of rotatable bonds is 12. The number of unbranched alkanes of at least 4 members (excludes halogenated alkanes) is 3. The fraction of sp³-hybridized carbons (Fsp3) is 0.650. The fourth-order valence-corrected chi connectivity index (χ4v) is 3.26. The SMILES string of the molecule is CCCCCCOc1cc(C)ccc1CNC(=NC)NCCCS(C)(=O)=O.I. The molecule has 0 heterocycles. The number of nitrogens with one attached hydrogen (secondary N) is 2. The van der Waals surface area contributed by atoms with Crippen molar-refractivity contribution in [2.75, 3.05) is 32.2 Å².